The Morgan fingerprint density at radius 1 is 1.35 bits per heavy atom. The number of hydrogen-bond acceptors (Lipinski definition) is 4. The van der Waals surface area contributed by atoms with Gasteiger partial charge in [-0.15, -0.1) is 0 Å². The maximum Gasteiger partial charge on any atom is 0.260 e. The van der Waals surface area contributed by atoms with E-state index >= 15 is 0 Å². The van der Waals surface area contributed by atoms with Crippen LogP contribution >= 0.6 is 11.6 Å². The first-order valence-corrected chi connectivity index (χ1v) is 8.39. The fraction of sp³-hybridized carbons (Fsp3) is 0.462. The SMILES string of the molecule is CCS(=O)(=O)C1CN(C(=O)COc2ccc(Cl)cc2)C1. The molecule has 0 bridgehead atoms. The van der Waals surface area contributed by atoms with Crippen molar-refractivity contribution >= 4 is 27.3 Å². The summed E-state index contributed by atoms with van der Waals surface area (Å²) in [6.07, 6.45) is 0. The predicted octanol–water partition coefficient (Wildman–Crippen LogP) is 1.36. The van der Waals surface area contributed by atoms with Crippen LogP contribution in [0.25, 0.3) is 0 Å². The number of ether oxygens (including phenoxy) is 1. The van der Waals surface area contributed by atoms with Crippen molar-refractivity contribution in [2.24, 2.45) is 0 Å². The van der Waals surface area contributed by atoms with Gasteiger partial charge in [-0.3, -0.25) is 4.79 Å². The summed E-state index contributed by atoms with van der Waals surface area (Å²) in [7, 11) is -3.05. The Kier molecular flexibility index (Phi) is 4.55. The maximum absolute atomic E-state index is 11.8. The van der Waals surface area contributed by atoms with Gasteiger partial charge in [0.25, 0.3) is 5.91 Å². The number of rotatable bonds is 5. The predicted molar refractivity (Wildman–Crippen MR) is 76.8 cm³/mol. The first-order chi connectivity index (χ1) is 9.42. The topological polar surface area (TPSA) is 63.7 Å². The second kappa shape index (κ2) is 6.01. The van der Waals surface area contributed by atoms with Crippen molar-refractivity contribution in [1.29, 1.82) is 0 Å². The lowest BCUT2D eigenvalue weighted by Gasteiger charge is -2.38. The zero-order valence-electron chi connectivity index (χ0n) is 11.1. The van der Waals surface area contributed by atoms with Crippen LogP contribution in [-0.2, 0) is 14.6 Å². The molecule has 5 nitrogen and oxygen atoms in total. The molecule has 1 heterocycles. The van der Waals surface area contributed by atoms with Gasteiger partial charge in [0.05, 0.1) is 5.25 Å². The molecule has 0 aliphatic carbocycles. The lowest BCUT2D eigenvalue weighted by atomic mass is 10.2. The number of halogens is 1. The Morgan fingerprint density at radius 3 is 2.50 bits per heavy atom. The van der Waals surface area contributed by atoms with Gasteiger partial charge in [-0.2, -0.15) is 0 Å². The van der Waals surface area contributed by atoms with Crippen LogP contribution < -0.4 is 4.74 Å². The first-order valence-electron chi connectivity index (χ1n) is 6.30. The highest BCUT2D eigenvalue weighted by atomic mass is 35.5. The van der Waals surface area contributed by atoms with Gasteiger partial charge in [0.2, 0.25) is 0 Å². The van der Waals surface area contributed by atoms with Crippen LogP contribution in [0.1, 0.15) is 6.92 Å². The van der Waals surface area contributed by atoms with E-state index in [2.05, 4.69) is 0 Å². The summed E-state index contributed by atoms with van der Waals surface area (Å²) in [6, 6.07) is 6.70. The fourth-order valence-electron chi connectivity index (χ4n) is 1.87. The zero-order valence-corrected chi connectivity index (χ0v) is 12.7. The Balaban J connectivity index is 1.79. The van der Waals surface area contributed by atoms with E-state index in [1.165, 1.54) is 4.90 Å². The van der Waals surface area contributed by atoms with Crippen LogP contribution in [0.4, 0.5) is 0 Å². The number of hydrogen-bond donors (Lipinski definition) is 0. The Labute approximate surface area is 123 Å². The van der Waals surface area contributed by atoms with Crippen molar-refractivity contribution in [3.8, 4) is 5.75 Å². The highest BCUT2D eigenvalue weighted by molar-refractivity contribution is 7.92. The molecule has 1 aromatic rings. The molecule has 0 aromatic heterocycles. The van der Waals surface area contributed by atoms with Gasteiger partial charge < -0.3 is 9.64 Å². The van der Waals surface area contributed by atoms with Gasteiger partial charge in [0.1, 0.15) is 5.75 Å². The average molecular weight is 318 g/mol. The van der Waals surface area contributed by atoms with E-state index in [4.69, 9.17) is 16.3 Å². The van der Waals surface area contributed by atoms with Crippen LogP contribution in [-0.4, -0.2) is 49.9 Å². The van der Waals surface area contributed by atoms with E-state index in [1.54, 1.807) is 31.2 Å². The molecule has 0 atom stereocenters. The second-order valence-electron chi connectivity index (χ2n) is 4.61. The van der Waals surface area contributed by atoms with E-state index in [0.717, 1.165) is 0 Å². The van der Waals surface area contributed by atoms with Crippen molar-refractivity contribution < 1.29 is 17.9 Å². The van der Waals surface area contributed by atoms with E-state index < -0.39 is 15.1 Å². The maximum atomic E-state index is 11.8. The molecule has 1 aliphatic heterocycles. The molecule has 0 radical (unpaired) electrons. The number of carbonyl (C=O) groups is 1. The summed E-state index contributed by atoms with van der Waals surface area (Å²) in [4.78, 5) is 13.3. The standard InChI is InChI=1S/C13H16ClNO4S/c1-2-20(17,18)12-7-15(8-12)13(16)9-19-11-5-3-10(14)4-6-11/h3-6,12H,2,7-9H2,1H3. The summed E-state index contributed by atoms with van der Waals surface area (Å²) in [5.41, 5.74) is 0. The number of carbonyl (C=O) groups excluding carboxylic acids is 1. The smallest absolute Gasteiger partial charge is 0.260 e. The summed E-state index contributed by atoms with van der Waals surface area (Å²) in [5.74, 6) is 0.463. The molecule has 0 N–H and O–H groups in total. The molecule has 0 saturated carbocycles. The van der Waals surface area contributed by atoms with Crippen LogP contribution in [0.3, 0.4) is 0 Å². The second-order valence-corrected chi connectivity index (χ2v) is 7.62. The number of amides is 1. The third-order valence-corrected chi connectivity index (χ3v) is 5.66. The molecule has 20 heavy (non-hydrogen) atoms. The van der Waals surface area contributed by atoms with Crippen LogP contribution in [0.5, 0.6) is 5.75 Å². The van der Waals surface area contributed by atoms with Gasteiger partial charge in [-0.1, -0.05) is 18.5 Å². The monoisotopic (exact) mass is 317 g/mol. The van der Waals surface area contributed by atoms with E-state index in [0.29, 0.717) is 10.8 Å². The van der Waals surface area contributed by atoms with E-state index in [-0.39, 0.29) is 31.4 Å². The number of sulfone groups is 1. The van der Waals surface area contributed by atoms with Gasteiger partial charge in [-0.05, 0) is 24.3 Å². The summed E-state index contributed by atoms with van der Waals surface area (Å²) < 4.78 is 28.5. The minimum atomic E-state index is -3.05. The van der Waals surface area contributed by atoms with Crippen molar-refractivity contribution in [2.45, 2.75) is 12.2 Å². The van der Waals surface area contributed by atoms with Gasteiger partial charge in [0.15, 0.2) is 16.4 Å². The molecule has 1 saturated heterocycles. The molecule has 1 aliphatic rings. The van der Waals surface area contributed by atoms with Crippen molar-refractivity contribution in [1.82, 2.24) is 4.90 Å². The molecule has 1 aromatic carbocycles. The minimum Gasteiger partial charge on any atom is -0.484 e. The number of likely N-dealkylation sites (tertiary alicyclic amines) is 1. The third kappa shape index (κ3) is 3.43. The van der Waals surface area contributed by atoms with Crippen molar-refractivity contribution in [3.05, 3.63) is 29.3 Å². The van der Waals surface area contributed by atoms with Crippen molar-refractivity contribution in [2.75, 3.05) is 25.4 Å². The molecular weight excluding hydrogens is 302 g/mol. The number of nitrogens with zero attached hydrogens (tertiary/aromatic N) is 1. The van der Waals surface area contributed by atoms with Gasteiger partial charge in [-0.25, -0.2) is 8.42 Å². The molecule has 1 amide bonds. The first kappa shape index (κ1) is 15.1. The average Bonchev–Trinajstić information content (AvgIpc) is 2.36. The van der Waals surface area contributed by atoms with Crippen molar-refractivity contribution in [3.63, 3.8) is 0 Å². The molecular formula is C13H16ClNO4S. The number of benzene rings is 1. The summed E-state index contributed by atoms with van der Waals surface area (Å²) >= 11 is 5.74. The van der Waals surface area contributed by atoms with E-state index in [9.17, 15) is 13.2 Å². The van der Waals surface area contributed by atoms with Crippen LogP contribution in [0.15, 0.2) is 24.3 Å². The Morgan fingerprint density at radius 2 is 1.95 bits per heavy atom. The summed E-state index contributed by atoms with van der Waals surface area (Å²) in [5, 5.41) is 0.172. The largest absolute Gasteiger partial charge is 0.484 e. The van der Waals surface area contributed by atoms with E-state index in [1.807, 2.05) is 0 Å². The fourth-order valence-corrected chi connectivity index (χ4v) is 3.28. The normalized spacial score (nSPS) is 15.8. The van der Waals surface area contributed by atoms with Crippen LogP contribution in [0.2, 0.25) is 5.02 Å². The molecule has 0 unspecified atom stereocenters. The quantitative estimate of drug-likeness (QED) is 0.822. The minimum absolute atomic E-state index is 0.0967. The van der Waals surface area contributed by atoms with Gasteiger partial charge >= 0.3 is 0 Å². The highest BCUT2D eigenvalue weighted by Crippen LogP contribution is 2.18. The van der Waals surface area contributed by atoms with Crippen LogP contribution in [0, 0.1) is 0 Å². The highest BCUT2D eigenvalue weighted by Gasteiger charge is 2.38. The molecule has 0 spiro atoms. The molecule has 2 rings (SSSR count). The third-order valence-electron chi connectivity index (χ3n) is 3.29. The Bertz CT molecular complexity index is 579. The lowest BCUT2D eigenvalue weighted by molar-refractivity contribution is -0.136. The molecule has 110 valence electrons. The zero-order chi connectivity index (χ0) is 14.8. The molecule has 7 heteroatoms. The van der Waals surface area contributed by atoms with Gasteiger partial charge in [0, 0.05) is 23.9 Å². The molecule has 1 fully saturated rings. The Hall–Kier alpha value is -1.27. The summed E-state index contributed by atoms with van der Waals surface area (Å²) in [6.45, 7) is 2.04. The lowest BCUT2D eigenvalue weighted by Crippen LogP contribution is -2.58.